The van der Waals surface area contributed by atoms with E-state index in [1.165, 1.54) is 0 Å². The molecule has 0 saturated carbocycles. The fraction of sp³-hybridized carbons (Fsp3) is 0.318. The predicted molar refractivity (Wildman–Crippen MR) is 110 cm³/mol. The molecule has 0 bridgehead atoms. The summed E-state index contributed by atoms with van der Waals surface area (Å²) in [7, 11) is 0. The van der Waals surface area contributed by atoms with Crippen LogP contribution in [0.15, 0.2) is 53.1 Å². The second-order valence-corrected chi connectivity index (χ2v) is 6.62. The normalized spacial score (nSPS) is 10.8. The van der Waals surface area contributed by atoms with Crippen LogP contribution in [0.1, 0.15) is 41.4 Å². The van der Waals surface area contributed by atoms with E-state index in [0.29, 0.717) is 12.1 Å². The van der Waals surface area contributed by atoms with Crippen molar-refractivity contribution in [3.63, 3.8) is 0 Å². The molecule has 5 heteroatoms. The molecule has 3 rings (SSSR count). The van der Waals surface area contributed by atoms with Crippen molar-refractivity contribution >= 4 is 17.3 Å². The van der Waals surface area contributed by atoms with Crippen molar-refractivity contribution in [3.8, 4) is 0 Å². The maximum Gasteiger partial charge on any atom is 0.257 e. The van der Waals surface area contributed by atoms with E-state index in [9.17, 15) is 4.79 Å². The number of hydrogen-bond donors (Lipinski definition) is 1. The van der Waals surface area contributed by atoms with E-state index in [1.807, 2.05) is 56.3 Å². The number of benzene rings is 1. The number of rotatable bonds is 7. The number of aryl methyl sites for hydroxylation is 1. The molecule has 0 spiro atoms. The van der Waals surface area contributed by atoms with Crippen molar-refractivity contribution in [2.45, 2.75) is 34.2 Å². The number of furan rings is 1. The van der Waals surface area contributed by atoms with Crippen molar-refractivity contribution in [3.05, 3.63) is 71.4 Å². The highest BCUT2D eigenvalue weighted by molar-refractivity contribution is 6.05. The van der Waals surface area contributed by atoms with Gasteiger partial charge < -0.3 is 19.2 Å². The Morgan fingerprint density at radius 3 is 2.41 bits per heavy atom. The number of nitrogens with zero attached hydrogens (tertiary/aromatic N) is 2. The van der Waals surface area contributed by atoms with Gasteiger partial charge >= 0.3 is 0 Å². The zero-order valence-electron chi connectivity index (χ0n) is 16.5. The van der Waals surface area contributed by atoms with Gasteiger partial charge in [0.1, 0.15) is 5.76 Å². The average molecular weight is 365 g/mol. The summed E-state index contributed by atoms with van der Waals surface area (Å²) in [5.41, 5.74) is 4.61. The lowest BCUT2D eigenvalue weighted by Gasteiger charge is -2.21. The summed E-state index contributed by atoms with van der Waals surface area (Å²) in [5, 5.41) is 3.01. The topological polar surface area (TPSA) is 50.4 Å². The summed E-state index contributed by atoms with van der Waals surface area (Å²) in [6.07, 6.45) is 1.67. The molecule has 0 aliphatic rings. The fourth-order valence-electron chi connectivity index (χ4n) is 3.38. The van der Waals surface area contributed by atoms with E-state index in [2.05, 4.69) is 28.6 Å². The number of carbonyl (C=O) groups is 1. The molecule has 0 aliphatic heterocycles. The Kier molecular flexibility index (Phi) is 5.69. The van der Waals surface area contributed by atoms with Crippen molar-refractivity contribution in [2.75, 3.05) is 23.3 Å². The number of hydrogen-bond acceptors (Lipinski definition) is 3. The molecule has 0 radical (unpaired) electrons. The van der Waals surface area contributed by atoms with E-state index in [-0.39, 0.29) is 5.91 Å². The van der Waals surface area contributed by atoms with Crippen LogP contribution in [0.5, 0.6) is 0 Å². The molecule has 0 saturated heterocycles. The molecular weight excluding hydrogens is 338 g/mol. The molecule has 0 atom stereocenters. The summed E-state index contributed by atoms with van der Waals surface area (Å²) < 4.78 is 7.53. The third-order valence-corrected chi connectivity index (χ3v) is 4.97. The number of nitrogens with one attached hydrogen (secondary N) is 1. The van der Waals surface area contributed by atoms with Crippen LogP contribution in [0.3, 0.4) is 0 Å². The molecule has 3 aromatic rings. The number of carbonyl (C=O) groups excluding carboxylic acids is 1. The van der Waals surface area contributed by atoms with Gasteiger partial charge in [-0.3, -0.25) is 4.79 Å². The molecule has 1 aromatic carbocycles. The third-order valence-electron chi connectivity index (χ3n) is 4.97. The zero-order chi connectivity index (χ0) is 19.4. The first-order chi connectivity index (χ1) is 13.0. The molecule has 2 aromatic heterocycles. The highest BCUT2D eigenvalue weighted by Gasteiger charge is 2.16. The van der Waals surface area contributed by atoms with Crippen LogP contribution in [0.25, 0.3) is 0 Å². The summed E-state index contributed by atoms with van der Waals surface area (Å²) in [5.74, 6) is 0.778. The molecule has 142 valence electrons. The minimum Gasteiger partial charge on any atom is -0.467 e. The molecule has 27 heavy (non-hydrogen) atoms. The highest BCUT2D eigenvalue weighted by Crippen LogP contribution is 2.21. The van der Waals surface area contributed by atoms with Crippen LogP contribution in [-0.4, -0.2) is 23.6 Å². The maximum absolute atomic E-state index is 12.8. The third kappa shape index (κ3) is 4.08. The number of anilines is 2. The van der Waals surface area contributed by atoms with Crippen molar-refractivity contribution in [2.24, 2.45) is 0 Å². The molecule has 1 amide bonds. The Labute approximate surface area is 160 Å². The maximum atomic E-state index is 12.8. The Balaban J connectivity index is 1.74. The first-order valence-electron chi connectivity index (χ1n) is 9.39. The first-order valence-corrected chi connectivity index (χ1v) is 9.39. The average Bonchev–Trinajstić information content (AvgIpc) is 3.28. The highest BCUT2D eigenvalue weighted by atomic mass is 16.3. The van der Waals surface area contributed by atoms with Gasteiger partial charge in [-0.1, -0.05) is 0 Å². The minimum atomic E-state index is -0.0932. The monoisotopic (exact) mass is 365 g/mol. The molecule has 0 unspecified atom stereocenters. The summed E-state index contributed by atoms with van der Waals surface area (Å²) in [6.45, 7) is 10.8. The lowest BCUT2D eigenvalue weighted by Crippen LogP contribution is -2.21. The van der Waals surface area contributed by atoms with Crippen LogP contribution < -0.4 is 10.2 Å². The SMILES string of the molecule is CCN(CC)c1ccc(NC(=O)c2cc(C)n(Cc3ccco3)c2C)cc1. The van der Waals surface area contributed by atoms with Gasteiger partial charge in [-0.25, -0.2) is 0 Å². The molecular formula is C22H27N3O2. The summed E-state index contributed by atoms with van der Waals surface area (Å²) in [4.78, 5) is 15.0. The molecule has 0 aliphatic carbocycles. The van der Waals surface area contributed by atoms with E-state index in [1.54, 1.807) is 6.26 Å². The van der Waals surface area contributed by atoms with E-state index >= 15 is 0 Å². The first kappa shape index (κ1) is 18.8. The largest absolute Gasteiger partial charge is 0.467 e. The van der Waals surface area contributed by atoms with E-state index in [4.69, 9.17) is 4.42 Å². The molecule has 0 fully saturated rings. The quantitative estimate of drug-likeness (QED) is 0.651. The lowest BCUT2D eigenvalue weighted by molar-refractivity contribution is 0.102. The van der Waals surface area contributed by atoms with Crippen molar-refractivity contribution < 1.29 is 9.21 Å². The van der Waals surface area contributed by atoms with Crippen molar-refractivity contribution in [1.29, 1.82) is 0 Å². The van der Waals surface area contributed by atoms with Gasteiger partial charge in [0.25, 0.3) is 5.91 Å². The minimum absolute atomic E-state index is 0.0932. The molecule has 5 nitrogen and oxygen atoms in total. The Morgan fingerprint density at radius 1 is 1.11 bits per heavy atom. The summed E-state index contributed by atoms with van der Waals surface area (Å²) in [6, 6.07) is 13.7. The van der Waals surface area contributed by atoms with Gasteiger partial charge in [0.05, 0.1) is 18.4 Å². The second kappa shape index (κ2) is 8.16. The van der Waals surface area contributed by atoms with Crippen LogP contribution in [-0.2, 0) is 6.54 Å². The Hall–Kier alpha value is -2.95. The zero-order valence-corrected chi connectivity index (χ0v) is 16.5. The van der Waals surface area contributed by atoms with Crippen molar-refractivity contribution in [1.82, 2.24) is 4.57 Å². The Morgan fingerprint density at radius 2 is 1.81 bits per heavy atom. The number of amides is 1. The lowest BCUT2D eigenvalue weighted by atomic mass is 10.2. The number of aromatic nitrogens is 1. The van der Waals surface area contributed by atoms with Gasteiger partial charge in [-0.05, 0) is 70.2 Å². The predicted octanol–water partition coefficient (Wildman–Crippen LogP) is 4.84. The van der Waals surface area contributed by atoms with Crippen LogP contribution in [0.2, 0.25) is 0 Å². The summed E-state index contributed by atoms with van der Waals surface area (Å²) >= 11 is 0. The van der Waals surface area contributed by atoms with Gasteiger partial charge in [-0.15, -0.1) is 0 Å². The van der Waals surface area contributed by atoms with Gasteiger partial charge in [0.15, 0.2) is 0 Å². The van der Waals surface area contributed by atoms with Gasteiger partial charge in [0, 0.05) is 35.9 Å². The smallest absolute Gasteiger partial charge is 0.257 e. The van der Waals surface area contributed by atoms with Crippen LogP contribution in [0, 0.1) is 13.8 Å². The van der Waals surface area contributed by atoms with Gasteiger partial charge in [0.2, 0.25) is 0 Å². The standard InChI is InChI=1S/C22H27N3O2/c1-5-24(6-2)19-11-9-18(10-12-19)23-22(26)21-14-16(3)25(17(21)4)15-20-8-7-13-27-20/h7-14H,5-6,15H2,1-4H3,(H,23,26). The van der Waals surface area contributed by atoms with Crippen LogP contribution in [0.4, 0.5) is 11.4 Å². The fourth-order valence-corrected chi connectivity index (χ4v) is 3.38. The Bertz CT molecular complexity index is 889. The van der Waals surface area contributed by atoms with Crippen LogP contribution >= 0.6 is 0 Å². The second-order valence-electron chi connectivity index (χ2n) is 6.62. The molecule has 2 heterocycles. The molecule has 1 N–H and O–H groups in total. The van der Waals surface area contributed by atoms with E-state index in [0.717, 1.165) is 41.6 Å². The van der Waals surface area contributed by atoms with Gasteiger partial charge in [-0.2, -0.15) is 0 Å². The van der Waals surface area contributed by atoms with E-state index < -0.39 is 0 Å².